The lowest BCUT2D eigenvalue weighted by Crippen LogP contribution is -2.46. The summed E-state index contributed by atoms with van der Waals surface area (Å²) in [5, 5.41) is 0. The van der Waals surface area contributed by atoms with Crippen LogP contribution in [0.2, 0.25) is 0 Å². The Morgan fingerprint density at radius 1 is 0.944 bits per heavy atom. The highest BCUT2D eigenvalue weighted by Gasteiger charge is 2.27. The van der Waals surface area contributed by atoms with E-state index in [1.54, 1.807) is 0 Å². The molecule has 1 saturated heterocycles. The Morgan fingerprint density at radius 2 is 1.39 bits per heavy atom. The van der Waals surface area contributed by atoms with Crippen LogP contribution in [0.4, 0.5) is 4.70 Å². The van der Waals surface area contributed by atoms with Gasteiger partial charge in [-0.15, -0.1) is 0 Å². The van der Waals surface area contributed by atoms with E-state index in [-0.39, 0.29) is 4.70 Å². The third kappa shape index (κ3) is 4.85. The second kappa shape index (κ2) is 9.74. The quantitative estimate of drug-likeness (QED) is 0.766. The van der Waals surface area contributed by atoms with Crippen LogP contribution in [0.5, 0.6) is 0 Å². The SMILES string of the molecule is CC.CCN1CCC(N(C)C2CCCC2)CC1.F. The molecule has 18 heavy (non-hydrogen) atoms. The maximum absolute atomic E-state index is 2.69. The molecule has 2 aliphatic rings. The smallest absolute Gasteiger partial charge is 0.0119 e. The van der Waals surface area contributed by atoms with E-state index < -0.39 is 0 Å². The summed E-state index contributed by atoms with van der Waals surface area (Å²) in [6, 6.07) is 1.78. The van der Waals surface area contributed by atoms with Crippen molar-refractivity contribution in [1.29, 1.82) is 0 Å². The maximum atomic E-state index is 2.69. The molecule has 1 saturated carbocycles. The van der Waals surface area contributed by atoms with Crippen molar-refractivity contribution in [3.05, 3.63) is 0 Å². The summed E-state index contributed by atoms with van der Waals surface area (Å²) in [5.74, 6) is 0. The van der Waals surface area contributed by atoms with Crippen LogP contribution < -0.4 is 0 Å². The van der Waals surface area contributed by atoms with Crippen molar-refractivity contribution in [2.75, 3.05) is 26.7 Å². The van der Waals surface area contributed by atoms with Gasteiger partial charge in [-0.25, -0.2) is 0 Å². The standard InChI is InChI=1S/C13H26N2.C2H6.FH/c1-3-15-10-8-13(9-11-15)14(2)12-6-4-5-7-12;1-2;/h12-13H,3-11H2,1-2H3;1-2H3;1H. The zero-order valence-electron chi connectivity index (χ0n) is 12.8. The third-order valence-corrected chi connectivity index (χ3v) is 4.48. The summed E-state index contributed by atoms with van der Waals surface area (Å²) in [7, 11) is 2.36. The van der Waals surface area contributed by atoms with Crippen molar-refractivity contribution in [2.45, 2.75) is 71.4 Å². The highest BCUT2D eigenvalue weighted by Crippen LogP contribution is 2.26. The van der Waals surface area contributed by atoms with Crippen molar-refractivity contribution >= 4 is 0 Å². The molecule has 2 nitrogen and oxygen atoms in total. The molecule has 0 aromatic rings. The second-order valence-corrected chi connectivity index (χ2v) is 5.27. The van der Waals surface area contributed by atoms with Crippen LogP contribution in [0.15, 0.2) is 0 Å². The summed E-state index contributed by atoms with van der Waals surface area (Å²) in [6.45, 7) is 10.2. The topological polar surface area (TPSA) is 6.48 Å². The van der Waals surface area contributed by atoms with Crippen LogP contribution >= 0.6 is 0 Å². The fraction of sp³-hybridized carbons (Fsp3) is 1.00. The molecule has 1 aliphatic carbocycles. The maximum Gasteiger partial charge on any atom is 0.0119 e. The molecule has 1 heterocycles. The summed E-state index contributed by atoms with van der Waals surface area (Å²) >= 11 is 0. The van der Waals surface area contributed by atoms with E-state index in [4.69, 9.17) is 0 Å². The lowest BCUT2D eigenvalue weighted by atomic mass is 10.0. The van der Waals surface area contributed by atoms with Gasteiger partial charge in [-0.05, 0) is 52.4 Å². The minimum absolute atomic E-state index is 0. The molecule has 2 fully saturated rings. The normalized spacial score (nSPS) is 22.5. The van der Waals surface area contributed by atoms with Gasteiger partial charge in [-0.2, -0.15) is 0 Å². The fourth-order valence-corrected chi connectivity index (χ4v) is 3.25. The van der Waals surface area contributed by atoms with Gasteiger partial charge >= 0.3 is 0 Å². The molecule has 0 unspecified atom stereocenters. The van der Waals surface area contributed by atoms with Crippen molar-refractivity contribution in [1.82, 2.24) is 9.80 Å². The first-order valence-corrected chi connectivity index (χ1v) is 7.75. The molecule has 1 aliphatic heterocycles. The van der Waals surface area contributed by atoms with Crippen LogP contribution in [-0.4, -0.2) is 48.6 Å². The minimum atomic E-state index is 0. The van der Waals surface area contributed by atoms with Crippen molar-refractivity contribution < 1.29 is 4.70 Å². The van der Waals surface area contributed by atoms with Gasteiger partial charge in [-0.1, -0.05) is 33.6 Å². The number of hydrogen-bond donors (Lipinski definition) is 0. The molecular weight excluding hydrogens is 227 g/mol. The van der Waals surface area contributed by atoms with Gasteiger partial charge in [0.15, 0.2) is 0 Å². The zero-order valence-corrected chi connectivity index (χ0v) is 12.8. The van der Waals surface area contributed by atoms with E-state index in [0.29, 0.717) is 0 Å². The van der Waals surface area contributed by atoms with Gasteiger partial charge in [0.25, 0.3) is 0 Å². The predicted molar refractivity (Wildman–Crippen MR) is 79.0 cm³/mol. The average Bonchev–Trinajstić information content (AvgIpc) is 2.94. The molecule has 110 valence electrons. The van der Waals surface area contributed by atoms with E-state index in [1.807, 2.05) is 13.8 Å². The first-order chi connectivity index (χ1) is 8.31. The first kappa shape index (κ1) is 17.8. The van der Waals surface area contributed by atoms with Crippen molar-refractivity contribution in [2.24, 2.45) is 0 Å². The Hall–Kier alpha value is -0.150. The molecule has 3 heteroatoms. The number of halogens is 1. The van der Waals surface area contributed by atoms with E-state index in [2.05, 4.69) is 23.8 Å². The Bertz CT molecular complexity index is 185. The number of rotatable bonds is 3. The lowest BCUT2D eigenvalue weighted by molar-refractivity contribution is 0.100. The van der Waals surface area contributed by atoms with Gasteiger partial charge in [0, 0.05) is 12.1 Å². The molecule has 0 aromatic carbocycles. The van der Waals surface area contributed by atoms with Gasteiger partial charge < -0.3 is 9.80 Å². The first-order valence-electron chi connectivity index (χ1n) is 7.75. The van der Waals surface area contributed by atoms with E-state index >= 15 is 0 Å². The van der Waals surface area contributed by atoms with Gasteiger partial charge in [0.05, 0.1) is 0 Å². The Kier molecular flexibility index (Phi) is 9.66. The largest absolute Gasteiger partial charge is 0.303 e. The molecule has 0 atom stereocenters. The molecule has 0 spiro atoms. The van der Waals surface area contributed by atoms with Crippen LogP contribution in [0.25, 0.3) is 0 Å². The van der Waals surface area contributed by atoms with Crippen LogP contribution in [-0.2, 0) is 0 Å². The van der Waals surface area contributed by atoms with Gasteiger partial charge in [-0.3, -0.25) is 4.70 Å². The number of hydrogen-bond acceptors (Lipinski definition) is 2. The molecule has 0 amide bonds. The third-order valence-electron chi connectivity index (χ3n) is 4.48. The van der Waals surface area contributed by atoms with E-state index in [1.165, 1.54) is 58.2 Å². The second-order valence-electron chi connectivity index (χ2n) is 5.27. The lowest BCUT2D eigenvalue weighted by Gasteiger charge is -2.39. The summed E-state index contributed by atoms with van der Waals surface area (Å²) in [4.78, 5) is 5.28. The highest BCUT2D eigenvalue weighted by molar-refractivity contribution is 4.84. The Morgan fingerprint density at radius 3 is 1.83 bits per heavy atom. The van der Waals surface area contributed by atoms with E-state index in [9.17, 15) is 0 Å². The molecule has 0 aromatic heterocycles. The van der Waals surface area contributed by atoms with Crippen LogP contribution in [0, 0.1) is 0 Å². The average molecular weight is 260 g/mol. The summed E-state index contributed by atoms with van der Waals surface area (Å²) in [5.41, 5.74) is 0. The van der Waals surface area contributed by atoms with E-state index in [0.717, 1.165) is 12.1 Å². The van der Waals surface area contributed by atoms with Crippen molar-refractivity contribution in [3.8, 4) is 0 Å². The fourth-order valence-electron chi connectivity index (χ4n) is 3.25. The zero-order chi connectivity index (χ0) is 12.7. The van der Waals surface area contributed by atoms with Crippen LogP contribution in [0.1, 0.15) is 59.3 Å². The number of piperidine rings is 1. The molecule has 2 rings (SSSR count). The molecule has 0 N–H and O–H groups in total. The molecule has 0 bridgehead atoms. The summed E-state index contributed by atoms with van der Waals surface area (Å²) < 4.78 is 0. The molecular formula is C15H33FN2. The number of nitrogens with zero attached hydrogens (tertiary/aromatic N) is 2. The van der Waals surface area contributed by atoms with Crippen LogP contribution in [0.3, 0.4) is 0 Å². The molecule has 0 radical (unpaired) electrons. The Balaban J connectivity index is 0.000000917. The number of likely N-dealkylation sites (tertiary alicyclic amines) is 1. The highest BCUT2D eigenvalue weighted by atomic mass is 19.0. The minimum Gasteiger partial charge on any atom is -0.303 e. The Labute approximate surface area is 113 Å². The monoisotopic (exact) mass is 260 g/mol. The van der Waals surface area contributed by atoms with Gasteiger partial charge in [0.1, 0.15) is 0 Å². The summed E-state index contributed by atoms with van der Waals surface area (Å²) in [6.07, 6.45) is 8.60. The predicted octanol–water partition coefficient (Wildman–Crippen LogP) is 3.52. The van der Waals surface area contributed by atoms with Crippen molar-refractivity contribution in [3.63, 3.8) is 0 Å². The van der Waals surface area contributed by atoms with Gasteiger partial charge in [0.2, 0.25) is 0 Å².